The van der Waals surface area contributed by atoms with E-state index in [9.17, 15) is 30.3 Å². The van der Waals surface area contributed by atoms with Crippen molar-refractivity contribution in [3.8, 4) is 5.40 Å². The molecule has 0 fully saturated rings. The minimum Gasteiger partial charge on any atom is -0.258 e. The van der Waals surface area contributed by atoms with Crippen molar-refractivity contribution in [2.24, 2.45) is 0 Å². The lowest BCUT2D eigenvalue weighted by Gasteiger charge is -2.02. The van der Waals surface area contributed by atoms with Gasteiger partial charge in [0.15, 0.2) is 5.03 Å². The largest absolute Gasteiger partial charge is 0.306 e. The molecule has 12 heteroatoms. The summed E-state index contributed by atoms with van der Waals surface area (Å²) < 4.78 is 0. The van der Waals surface area contributed by atoms with E-state index in [0.29, 0.717) is 11.8 Å². The Kier molecular flexibility index (Phi) is 4.16. The fourth-order valence-corrected chi connectivity index (χ4v) is 1.64. The minimum absolute atomic E-state index is 0.0604. The van der Waals surface area contributed by atoms with E-state index in [1.807, 2.05) is 0 Å². The van der Waals surface area contributed by atoms with Gasteiger partial charge in [-0.3, -0.25) is 20.2 Å². The molecule has 98 valence electrons. The molecule has 0 aliphatic heterocycles. The van der Waals surface area contributed by atoms with Crippen molar-refractivity contribution in [3.05, 3.63) is 42.5 Å². The van der Waals surface area contributed by atoms with E-state index in [4.69, 9.17) is 5.26 Å². The van der Waals surface area contributed by atoms with Crippen LogP contribution in [0.15, 0.2) is 17.0 Å². The van der Waals surface area contributed by atoms with Gasteiger partial charge in [0.05, 0.1) is 9.85 Å². The zero-order valence-corrected chi connectivity index (χ0v) is 9.62. The van der Waals surface area contributed by atoms with Crippen LogP contribution >= 0.6 is 11.8 Å². The van der Waals surface area contributed by atoms with Crippen LogP contribution in [0.25, 0.3) is 0 Å². The quantitative estimate of drug-likeness (QED) is 0.366. The van der Waals surface area contributed by atoms with Gasteiger partial charge in [-0.2, -0.15) is 5.26 Å². The number of nitrogens with zero attached hydrogens (tertiary/aromatic N) is 4. The minimum atomic E-state index is -1.15. The summed E-state index contributed by atoms with van der Waals surface area (Å²) in [5, 5.41) is 40.7. The summed E-state index contributed by atoms with van der Waals surface area (Å²) in [4.78, 5) is 29.8. The molecular weight excluding hydrogens is 282 g/mol. The highest BCUT2D eigenvalue weighted by atomic mass is 32.2. The zero-order chi connectivity index (χ0) is 14.6. The Morgan fingerprint density at radius 3 is 1.89 bits per heavy atom. The van der Waals surface area contributed by atoms with Crippen molar-refractivity contribution in [1.82, 2.24) is 0 Å². The number of rotatable bonds is 5. The first kappa shape index (κ1) is 14.1. The van der Waals surface area contributed by atoms with Gasteiger partial charge in [0.25, 0.3) is 5.69 Å². The molecule has 0 saturated heterocycles. The number of nitro benzene ring substituents is 2. The van der Waals surface area contributed by atoms with E-state index in [1.165, 1.54) is 5.43 Å². The molecule has 1 aromatic carbocycles. The Morgan fingerprint density at radius 2 is 1.58 bits per heavy atom. The molecule has 0 spiro atoms. The third-order valence-electron chi connectivity index (χ3n) is 1.83. The van der Waals surface area contributed by atoms with Crippen LogP contribution < -0.4 is 5.43 Å². The Hall–Kier alpha value is -2.94. The zero-order valence-electron chi connectivity index (χ0n) is 8.80. The number of hydrogen-bond donors (Lipinski definition) is 1. The third-order valence-corrected chi connectivity index (χ3v) is 2.39. The fourth-order valence-electron chi connectivity index (χ4n) is 1.19. The van der Waals surface area contributed by atoms with Crippen LogP contribution in [0.3, 0.4) is 0 Å². The van der Waals surface area contributed by atoms with E-state index in [2.05, 4.69) is 0 Å². The maximum atomic E-state index is 10.8. The maximum Gasteiger partial charge on any atom is 0.306 e. The molecule has 0 radical (unpaired) electrons. The van der Waals surface area contributed by atoms with Crippen LogP contribution in [0.5, 0.6) is 0 Å². The predicted molar refractivity (Wildman–Crippen MR) is 61.8 cm³/mol. The molecule has 1 aromatic rings. The van der Waals surface area contributed by atoms with Gasteiger partial charge in [0.2, 0.25) is 0 Å². The fraction of sp³-hybridized carbons (Fsp3) is 0. The Bertz CT molecular complexity index is 575. The van der Waals surface area contributed by atoms with Crippen molar-refractivity contribution in [1.29, 1.82) is 5.26 Å². The number of thioether (sulfide) groups is 1. The third kappa shape index (κ3) is 3.26. The van der Waals surface area contributed by atoms with E-state index in [-0.39, 0.29) is 4.90 Å². The predicted octanol–water partition coefficient (Wildman–Crippen LogP) is 1.68. The number of nitro groups is 3. The molecule has 0 unspecified atom stereocenters. The van der Waals surface area contributed by atoms with Crippen LogP contribution in [0.2, 0.25) is 0 Å². The Morgan fingerprint density at radius 1 is 1.11 bits per heavy atom. The normalized spacial score (nSPS) is 9.42. The lowest BCUT2D eigenvalue weighted by molar-refractivity contribution is -0.449. The summed E-state index contributed by atoms with van der Waals surface area (Å²) in [7, 11) is 0. The van der Waals surface area contributed by atoms with Gasteiger partial charge in [-0.25, -0.2) is 10.1 Å². The van der Waals surface area contributed by atoms with Gasteiger partial charge < -0.3 is 0 Å². The van der Waals surface area contributed by atoms with Crippen molar-refractivity contribution < 1.29 is 14.9 Å². The van der Waals surface area contributed by atoms with Gasteiger partial charge in [0, 0.05) is 17.0 Å². The van der Waals surface area contributed by atoms with Crippen LogP contribution in [0, 0.1) is 41.0 Å². The first-order valence-electron chi connectivity index (χ1n) is 4.30. The molecule has 11 nitrogen and oxygen atoms in total. The van der Waals surface area contributed by atoms with Gasteiger partial charge in [-0.05, 0) is 11.8 Å². The van der Waals surface area contributed by atoms with Crippen LogP contribution in [0.1, 0.15) is 0 Å². The molecule has 0 aromatic heterocycles. The molecule has 0 heterocycles. The molecule has 0 atom stereocenters. The van der Waals surface area contributed by atoms with Crippen molar-refractivity contribution >= 4 is 28.8 Å². The highest BCUT2D eigenvalue weighted by Gasteiger charge is 2.30. The van der Waals surface area contributed by atoms with E-state index >= 15 is 0 Å². The standard InChI is InChI=1S/C7H3N5O6S/c8-3-19-4-1-5(10(13)14)7(9-12(17)18)6(2-4)11(15)16/h1-2,9H. The summed E-state index contributed by atoms with van der Waals surface area (Å²) >= 11 is 0.465. The van der Waals surface area contributed by atoms with Crippen molar-refractivity contribution in [3.63, 3.8) is 0 Å². The first-order chi connectivity index (χ1) is 8.86. The van der Waals surface area contributed by atoms with Crippen LogP contribution in [0.4, 0.5) is 17.1 Å². The number of hydrogen-bond acceptors (Lipinski definition) is 8. The maximum absolute atomic E-state index is 10.8. The summed E-state index contributed by atoms with van der Waals surface area (Å²) in [6.45, 7) is 0. The van der Waals surface area contributed by atoms with E-state index < -0.39 is 31.9 Å². The summed E-state index contributed by atoms with van der Waals surface area (Å²) in [6, 6.07) is 1.68. The smallest absolute Gasteiger partial charge is 0.258 e. The molecule has 0 aliphatic rings. The van der Waals surface area contributed by atoms with E-state index in [0.717, 1.165) is 12.1 Å². The number of hydrazine groups is 1. The van der Waals surface area contributed by atoms with Crippen LogP contribution in [-0.4, -0.2) is 14.9 Å². The molecule has 0 amide bonds. The van der Waals surface area contributed by atoms with Crippen LogP contribution in [-0.2, 0) is 0 Å². The second kappa shape index (κ2) is 5.60. The molecule has 0 aliphatic carbocycles. The first-order valence-corrected chi connectivity index (χ1v) is 5.12. The molecule has 0 bridgehead atoms. The second-order valence-electron chi connectivity index (χ2n) is 2.91. The van der Waals surface area contributed by atoms with Crippen molar-refractivity contribution in [2.45, 2.75) is 4.90 Å². The highest BCUT2D eigenvalue weighted by molar-refractivity contribution is 8.03. The second-order valence-corrected chi connectivity index (χ2v) is 3.77. The number of nitriles is 1. The van der Waals surface area contributed by atoms with E-state index in [1.54, 1.807) is 5.40 Å². The average molecular weight is 285 g/mol. The van der Waals surface area contributed by atoms with Gasteiger partial charge >= 0.3 is 11.4 Å². The lowest BCUT2D eigenvalue weighted by atomic mass is 10.2. The topological polar surface area (TPSA) is 165 Å². The summed E-state index contributed by atoms with van der Waals surface area (Å²) in [6.07, 6.45) is 0. The van der Waals surface area contributed by atoms with Gasteiger partial charge in [-0.15, -0.1) is 0 Å². The Labute approximate surface area is 108 Å². The van der Waals surface area contributed by atoms with Crippen molar-refractivity contribution in [2.75, 3.05) is 5.43 Å². The molecular formula is C7H3N5O6S. The summed E-state index contributed by atoms with van der Waals surface area (Å²) in [5.74, 6) is 0. The molecule has 19 heavy (non-hydrogen) atoms. The monoisotopic (exact) mass is 285 g/mol. The lowest BCUT2D eigenvalue weighted by Crippen LogP contribution is -2.12. The van der Waals surface area contributed by atoms with Gasteiger partial charge in [-0.1, -0.05) is 5.43 Å². The molecule has 1 rings (SSSR count). The highest BCUT2D eigenvalue weighted by Crippen LogP contribution is 2.38. The Balaban J connectivity index is 3.55. The number of anilines is 1. The summed E-state index contributed by atoms with van der Waals surface area (Å²) in [5.41, 5.74) is -1.14. The SMILES string of the molecule is N#CSc1cc([N+](=O)[O-])c(N[N+](=O)[O-])c([N+](=O)[O-])c1. The number of thiocyanates is 1. The molecule has 0 saturated carbocycles. The molecule has 1 N–H and O–H groups in total. The average Bonchev–Trinajstić information content (AvgIpc) is 2.29. The number of benzene rings is 1. The number of nitrogens with one attached hydrogen (secondary N) is 1. The van der Waals surface area contributed by atoms with Gasteiger partial charge in [0.1, 0.15) is 5.40 Å².